The van der Waals surface area contributed by atoms with Crippen LogP contribution in [-0.4, -0.2) is 13.7 Å². The molecule has 0 saturated carbocycles. The molecule has 0 saturated heterocycles. The number of hydrogen-bond acceptors (Lipinski definition) is 2. The molecule has 0 amide bonds. The summed E-state index contributed by atoms with van der Waals surface area (Å²) >= 11 is 2.33. The molecule has 3 heteroatoms. The average molecular weight is 315 g/mol. The van der Waals surface area contributed by atoms with Gasteiger partial charge in [-0.1, -0.05) is 12.1 Å². The standard InChI is InChI=1S/C12H14INO/c1-14-12(11-6-3-7-15-11)9-4-2-5-10(13)8-9/h2,4-6,8,12,14H,3,7H2,1H3. The number of ether oxygens (including phenoxy) is 1. The molecule has 2 nitrogen and oxygen atoms in total. The molecule has 15 heavy (non-hydrogen) atoms. The fraction of sp³-hybridized carbons (Fsp3) is 0.333. The van der Waals surface area contributed by atoms with Crippen LogP contribution in [-0.2, 0) is 4.74 Å². The summed E-state index contributed by atoms with van der Waals surface area (Å²) < 4.78 is 6.85. The van der Waals surface area contributed by atoms with Crippen molar-refractivity contribution in [2.24, 2.45) is 0 Å². The van der Waals surface area contributed by atoms with E-state index in [0.29, 0.717) is 0 Å². The molecule has 0 radical (unpaired) electrons. The van der Waals surface area contributed by atoms with E-state index < -0.39 is 0 Å². The fourth-order valence-corrected chi connectivity index (χ4v) is 2.36. The Hall–Kier alpha value is -0.550. The molecule has 1 aliphatic heterocycles. The first-order chi connectivity index (χ1) is 7.31. The fourth-order valence-electron chi connectivity index (χ4n) is 1.80. The second-order valence-corrected chi connectivity index (χ2v) is 4.77. The quantitative estimate of drug-likeness (QED) is 0.866. The maximum absolute atomic E-state index is 5.60. The summed E-state index contributed by atoms with van der Waals surface area (Å²) in [5, 5.41) is 3.29. The molecule has 0 aromatic heterocycles. The van der Waals surface area contributed by atoms with E-state index >= 15 is 0 Å². The van der Waals surface area contributed by atoms with E-state index in [4.69, 9.17) is 4.74 Å². The lowest BCUT2D eigenvalue weighted by Crippen LogP contribution is -2.19. The summed E-state index contributed by atoms with van der Waals surface area (Å²) in [5.41, 5.74) is 1.26. The van der Waals surface area contributed by atoms with Crippen molar-refractivity contribution in [2.45, 2.75) is 12.5 Å². The summed E-state index contributed by atoms with van der Waals surface area (Å²) in [4.78, 5) is 0. The van der Waals surface area contributed by atoms with Crippen molar-refractivity contribution in [1.29, 1.82) is 0 Å². The molecule has 0 fully saturated rings. The molecule has 1 aliphatic rings. The van der Waals surface area contributed by atoms with Gasteiger partial charge in [0.1, 0.15) is 5.76 Å². The van der Waals surface area contributed by atoms with Crippen molar-refractivity contribution >= 4 is 22.6 Å². The highest BCUT2D eigenvalue weighted by Crippen LogP contribution is 2.26. The van der Waals surface area contributed by atoms with Crippen LogP contribution in [0.3, 0.4) is 0 Å². The van der Waals surface area contributed by atoms with E-state index in [1.165, 1.54) is 9.13 Å². The summed E-state index contributed by atoms with van der Waals surface area (Å²) in [7, 11) is 1.97. The Morgan fingerprint density at radius 3 is 2.93 bits per heavy atom. The maximum Gasteiger partial charge on any atom is 0.114 e. The molecule has 0 spiro atoms. The molecule has 1 aromatic rings. The lowest BCUT2D eigenvalue weighted by molar-refractivity contribution is 0.218. The largest absolute Gasteiger partial charge is 0.496 e. The zero-order chi connectivity index (χ0) is 10.7. The number of nitrogens with one attached hydrogen (secondary N) is 1. The summed E-state index contributed by atoms with van der Waals surface area (Å²) in [6, 6.07) is 8.69. The molecule has 0 bridgehead atoms. The Labute approximate surface area is 104 Å². The Kier molecular flexibility index (Phi) is 3.64. The monoisotopic (exact) mass is 315 g/mol. The normalized spacial score (nSPS) is 17.1. The van der Waals surface area contributed by atoms with Crippen LogP contribution in [0.2, 0.25) is 0 Å². The minimum absolute atomic E-state index is 0.196. The lowest BCUT2D eigenvalue weighted by atomic mass is 10.1. The van der Waals surface area contributed by atoms with Crippen LogP contribution in [0.4, 0.5) is 0 Å². The van der Waals surface area contributed by atoms with Gasteiger partial charge in [-0.05, 0) is 53.4 Å². The maximum atomic E-state index is 5.60. The van der Waals surface area contributed by atoms with Crippen LogP contribution in [0.5, 0.6) is 0 Å². The Balaban J connectivity index is 2.26. The smallest absolute Gasteiger partial charge is 0.114 e. The van der Waals surface area contributed by atoms with Gasteiger partial charge in [0.05, 0.1) is 12.6 Å². The molecule has 0 aliphatic carbocycles. The SMILES string of the molecule is CNC(C1=CCCO1)c1cccc(I)c1. The molecule has 1 atom stereocenters. The molecular formula is C12H14INO. The zero-order valence-corrected chi connectivity index (χ0v) is 10.8. The van der Waals surface area contributed by atoms with E-state index in [1.807, 2.05) is 7.05 Å². The second-order valence-electron chi connectivity index (χ2n) is 3.52. The van der Waals surface area contributed by atoms with Crippen LogP contribution >= 0.6 is 22.6 Å². The van der Waals surface area contributed by atoms with Gasteiger partial charge < -0.3 is 10.1 Å². The van der Waals surface area contributed by atoms with E-state index in [2.05, 4.69) is 58.2 Å². The molecule has 2 rings (SSSR count). The van der Waals surface area contributed by atoms with Gasteiger partial charge in [-0.15, -0.1) is 0 Å². The molecule has 80 valence electrons. The van der Waals surface area contributed by atoms with Crippen molar-refractivity contribution in [2.75, 3.05) is 13.7 Å². The third-order valence-corrected chi connectivity index (χ3v) is 3.16. The minimum Gasteiger partial charge on any atom is -0.496 e. The highest BCUT2D eigenvalue weighted by atomic mass is 127. The predicted molar refractivity (Wildman–Crippen MR) is 69.6 cm³/mol. The number of rotatable bonds is 3. The Morgan fingerprint density at radius 1 is 1.47 bits per heavy atom. The van der Waals surface area contributed by atoms with Gasteiger partial charge in [-0.3, -0.25) is 0 Å². The van der Waals surface area contributed by atoms with Gasteiger partial charge in [0, 0.05) is 9.99 Å². The van der Waals surface area contributed by atoms with Crippen LogP contribution in [0, 0.1) is 3.57 Å². The van der Waals surface area contributed by atoms with Gasteiger partial charge in [0.25, 0.3) is 0 Å². The summed E-state index contributed by atoms with van der Waals surface area (Å²) in [6.45, 7) is 0.817. The van der Waals surface area contributed by atoms with Crippen molar-refractivity contribution in [3.05, 3.63) is 45.2 Å². The third kappa shape index (κ3) is 2.52. The predicted octanol–water partition coefficient (Wildman–Crippen LogP) is 2.86. The first kappa shape index (κ1) is 11.0. The molecule has 1 N–H and O–H groups in total. The van der Waals surface area contributed by atoms with E-state index in [-0.39, 0.29) is 6.04 Å². The zero-order valence-electron chi connectivity index (χ0n) is 8.66. The lowest BCUT2D eigenvalue weighted by Gasteiger charge is -2.18. The molecule has 1 unspecified atom stereocenters. The number of halogens is 1. The van der Waals surface area contributed by atoms with Crippen molar-refractivity contribution < 1.29 is 4.74 Å². The molecular weight excluding hydrogens is 301 g/mol. The van der Waals surface area contributed by atoms with Crippen molar-refractivity contribution in [3.8, 4) is 0 Å². The third-order valence-electron chi connectivity index (χ3n) is 2.49. The van der Waals surface area contributed by atoms with Gasteiger partial charge in [-0.25, -0.2) is 0 Å². The van der Waals surface area contributed by atoms with E-state index in [1.54, 1.807) is 0 Å². The highest BCUT2D eigenvalue weighted by Gasteiger charge is 2.18. The molecule has 1 aromatic carbocycles. The first-order valence-corrected chi connectivity index (χ1v) is 6.14. The topological polar surface area (TPSA) is 21.3 Å². The molecule has 1 heterocycles. The second kappa shape index (κ2) is 4.99. The van der Waals surface area contributed by atoms with Gasteiger partial charge in [0.15, 0.2) is 0 Å². The van der Waals surface area contributed by atoms with Gasteiger partial charge in [-0.2, -0.15) is 0 Å². The van der Waals surface area contributed by atoms with E-state index in [0.717, 1.165) is 18.8 Å². The first-order valence-electron chi connectivity index (χ1n) is 5.07. The Morgan fingerprint density at radius 2 is 2.33 bits per heavy atom. The van der Waals surface area contributed by atoms with E-state index in [9.17, 15) is 0 Å². The van der Waals surface area contributed by atoms with Crippen LogP contribution in [0.25, 0.3) is 0 Å². The van der Waals surface area contributed by atoms with Crippen LogP contribution < -0.4 is 5.32 Å². The minimum atomic E-state index is 0.196. The summed E-state index contributed by atoms with van der Waals surface area (Å²) in [6.07, 6.45) is 3.19. The number of benzene rings is 1. The summed E-state index contributed by atoms with van der Waals surface area (Å²) in [5.74, 6) is 1.06. The number of likely N-dealkylation sites (N-methyl/N-ethyl adjacent to an activating group) is 1. The van der Waals surface area contributed by atoms with Crippen molar-refractivity contribution in [1.82, 2.24) is 5.32 Å². The van der Waals surface area contributed by atoms with Crippen LogP contribution in [0.1, 0.15) is 18.0 Å². The van der Waals surface area contributed by atoms with Gasteiger partial charge in [0.2, 0.25) is 0 Å². The average Bonchev–Trinajstić information content (AvgIpc) is 2.72. The van der Waals surface area contributed by atoms with Crippen LogP contribution in [0.15, 0.2) is 36.1 Å². The van der Waals surface area contributed by atoms with Crippen molar-refractivity contribution in [3.63, 3.8) is 0 Å². The van der Waals surface area contributed by atoms with Gasteiger partial charge >= 0.3 is 0 Å². The highest BCUT2D eigenvalue weighted by molar-refractivity contribution is 14.1. The Bertz CT molecular complexity index is 376. The number of hydrogen-bond donors (Lipinski definition) is 1.